The van der Waals surface area contributed by atoms with Crippen molar-refractivity contribution in [1.29, 1.82) is 0 Å². The Balaban J connectivity index is 1.41. The largest absolute Gasteiger partial charge is 0.488 e. The van der Waals surface area contributed by atoms with Crippen molar-refractivity contribution in [2.24, 2.45) is 5.92 Å². The number of hydrogen-bond donors (Lipinski definition) is 3. The second kappa shape index (κ2) is 13.0. The van der Waals surface area contributed by atoms with E-state index in [1.54, 1.807) is 42.2 Å². The van der Waals surface area contributed by atoms with Crippen molar-refractivity contribution in [3.05, 3.63) is 96.6 Å². The van der Waals surface area contributed by atoms with Gasteiger partial charge in [-0.3, -0.25) is 4.79 Å². The summed E-state index contributed by atoms with van der Waals surface area (Å²) in [5.74, 6) is -0.388. The molecule has 0 bridgehead atoms. The van der Waals surface area contributed by atoms with Gasteiger partial charge in [-0.1, -0.05) is 61.5 Å². The van der Waals surface area contributed by atoms with E-state index in [9.17, 15) is 23.1 Å². The number of ether oxygens (including phenoxy) is 1. The Bertz CT molecular complexity index is 1760. The molecular formula is C33H36N4O6S. The lowest BCUT2D eigenvalue weighted by Crippen LogP contribution is -2.50. The van der Waals surface area contributed by atoms with Gasteiger partial charge in [0.15, 0.2) is 0 Å². The predicted octanol–water partition coefficient (Wildman–Crippen LogP) is 5.02. The molecule has 3 atom stereocenters. The molecule has 0 aromatic heterocycles. The smallest absolute Gasteiger partial charge is 0.323 e. The molecular weight excluding hydrogens is 580 g/mol. The number of carbonyl (C=O) groups is 2. The highest BCUT2D eigenvalue weighted by atomic mass is 32.2. The van der Waals surface area contributed by atoms with Crippen LogP contribution in [-0.2, 0) is 10.0 Å². The molecule has 10 nitrogen and oxygen atoms in total. The standard InChI is InChI=1S/C33H36N4O6S/c1-22-19-37(23(2)21-38)32(39)28-18-25(34-33(40)35-29-15-9-11-24-10-7-8-14-27(24)29)16-17-30(28)43-31(22)20-36(3)44(41,42)26-12-5-4-6-13-26/h4-18,22-23,31,38H,19-21H2,1-3H3,(H2,34,35,40)/t22-,23+,31-/m0/s1. The van der Waals surface area contributed by atoms with Crippen LogP contribution in [0.1, 0.15) is 24.2 Å². The Morgan fingerprint density at radius 2 is 1.73 bits per heavy atom. The van der Waals surface area contributed by atoms with Crippen LogP contribution in [0.2, 0.25) is 0 Å². The summed E-state index contributed by atoms with van der Waals surface area (Å²) >= 11 is 0. The fourth-order valence-corrected chi connectivity index (χ4v) is 6.47. The number of nitrogens with zero attached hydrogens (tertiary/aromatic N) is 2. The highest BCUT2D eigenvalue weighted by Gasteiger charge is 2.35. The fourth-order valence-electron chi connectivity index (χ4n) is 5.26. The van der Waals surface area contributed by atoms with Gasteiger partial charge in [-0.05, 0) is 48.7 Å². The Kier molecular flexibility index (Phi) is 9.19. The number of hydrogen-bond acceptors (Lipinski definition) is 6. The van der Waals surface area contributed by atoms with Gasteiger partial charge in [0.1, 0.15) is 11.9 Å². The first kappa shape index (κ1) is 31.0. The van der Waals surface area contributed by atoms with Crippen molar-refractivity contribution in [3.8, 4) is 5.75 Å². The van der Waals surface area contributed by atoms with Crippen LogP contribution in [-0.4, -0.2) is 73.6 Å². The number of likely N-dealkylation sites (N-methyl/N-ethyl adjacent to an activating group) is 1. The van der Waals surface area contributed by atoms with Crippen LogP contribution in [0.25, 0.3) is 10.8 Å². The van der Waals surface area contributed by atoms with Crippen LogP contribution in [0, 0.1) is 5.92 Å². The van der Waals surface area contributed by atoms with Crippen LogP contribution in [0.15, 0.2) is 95.9 Å². The van der Waals surface area contributed by atoms with Gasteiger partial charge in [0, 0.05) is 30.6 Å². The molecule has 44 heavy (non-hydrogen) atoms. The maximum absolute atomic E-state index is 13.8. The molecule has 0 saturated carbocycles. The van der Waals surface area contributed by atoms with Crippen molar-refractivity contribution in [3.63, 3.8) is 0 Å². The third kappa shape index (κ3) is 6.54. The lowest BCUT2D eigenvalue weighted by molar-refractivity contribution is 0.0387. The van der Waals surface area contributed by atoms with Crippen molar-refractivity contribution in [2.45, 2.75) is 30.9 Å². The number of fused-ring (bicyclic) bond motifs is 2. The number of urea groups is 1. The van der Waals surface area contributed by atoms with Crippen molar-refractivity contribution < 1.29 is 27.9 Å². The van der Waals surface area contributed by atoms with Gasteiger partial charge in [-0.2, -0.15) is 4.31 Å². The zero-order chi connectivity index (χ0) is 31.4. The number of benzene rings is 4. The van der Waals surface area contributed by atoms with Gasteiger partial charge in [-0.15, -0.1) is 0 Å². The van der Waals surface area contributed by atoms with E-state index in [2.05, 4.69) is 10.6 Å². The molecule has 3 N–H and O–H groups in total. The fraction of sp³-hybridized carbons (Fsp3) is 0.273. The van der Waals surface area contributed by atoms with E-state index in [0.29, 0.717) is 11.4 Å². The van der Waals surface area contributed by atoms with Gasteiger partial charge >= 0.3 is 6.03 Å². The lowest BCUT2D eigenvalue weighted by Gasteiger charge is -2.38. The first-order valence-electron chi connectivity index (χ1n) is 14.4. The quantitative estimate of drug-likeness (QED) is 0.255. The summed E-state index contributed by atoms with van der Waals surface area (Å²) in [4.78, 5) is 28.5. The predicted molar refractivity (Wildman–Crippen MR) is 170 cm³/mol. The summed E-state index contributed by atoms with van der Waals surface area (Å²) in [6, 6.07) is 25.3. The van der Waals surface area contributed by atoms with Gasteiger partial charge in [0.05, 0.1) is 35.3 Å². The first-order valence-corrected chi connectivity index (χ1v) is 15.8. The molecule has 5 rings (SSSR count). The molecule has 0 aliphatic carbocycles. The number of nitrogens with one attached hydrogen (secondary N) is 2. The zero-order valence-electron chi connectivity index (χ0n) is 24.8. The topological polar surface area (TPSA) is 128 Å². The Hall–Kier alpha value is -4.45. The molecule has 1 heterocycles. The molecule has 11 heteroatoms. The molecule has 3 amide bonds. The maximum Gasteiger partial charge on any atom is 0.323 e. The van der Waals surface area contributed by atoms with Crippen LogP contribution >= 0.6 is 0 Å². The summed E-state index contributed by atoms with van der Waals surface area (Å²) in [5.41, 5.74) is 1.20. The van der Waals surface area contributed by atoms with Crippen LogP contribution in [0.3, 0.4) is 0 Å². The first-order chi connectivity index (χ1) is 21.1. The number of sulfonamides is 1. The van der Waals surface area contributed by atoms with E-state index < -0.39 is 28.2 Å². The van der Waals surface area contributed by atoms with Crippen molar-refractivity contribution in [2.75, 3.05) is 37.4 Å². The summed E-state index contributed by atoms with van der Waals surface area (Å²) in [7, 11) is -2.29. The van der Waals surface area contributed by atoms with Gasteiger partial charge in [-0.25, -0.2) is 13.2 Å². The maximum atomic E-state index is 13.8. The molecule has 4 aromatic rings. The molecule has 0 unspecified atom stereocenters. The van der Waals surface area contributed by atoms with Gasteiger partial charge in [0.25, 0.3) is 5.91 Å². The molecule has 4 aromatic carbocycles. The third-order valence-corrected chi connectivity index (χ3v) is 9.69. The number of aliphatic hydroxyl groups excluding tert-OH is 1. The number of rotatable bonds is 8. The van der Waals surface area contributed by atoms with Crippen LogP contribution < -0.4 is 15.4 Å². The van der Waals surface area contributed by atoms with Crippen molar-refractivity contribution >= 4 is 44.1 Å². The molecule has 1 aliphatic heterocycles. The summed E-state index contributed by atoms with van der Waals surface area (Å²) < 4.78 is 34.1. The minimum absolute atomic E-state index is 0.0286. The summed E-state index contributed by atoms with van der Waals surface area (Å²) in [6.07, 6.45) is -0.618. The van der Waals surface area contributed by atoms with Crippen LogP contribution in [0.4, 0.5) is 16.2 Å². The zero-order valence-corrected chi connectivity index (χ0v) is 25.6. The Morgan fingerprint density at radius 3 is 2.48 bits per heavy atom. The van der Waals surface area contributed by atoms with E-state index in [4.69, 9.17) is 4.74 Å². The normalized spacial score (nSPS) is 17.8. The molecule has 0 saturated heterocycles. The molecule has 0 spiro atoms. The Morgan fingerprint density at radius 1 is 1.02 bits per heavy atom. The summed E-state index contributed by atoms with van der Waals surface area (Å²) in [6.45, 7) is 3.63. The number of carbonyl (C=O) groups excluding carboxylic acids is 2. The number of amides is 3. The van der Waals surface area contributed by atoms with E-state index in [1.807, 2.05) is 49.4 Å². The third-order valence-electron chi connectivity index (χ3n) is 7.85. The van der Waals surface area contributed by atoms with Crippen molar-refractivity contribution in [1.82, 2.24) is 9.21 Å². The van der Waals surface area contributed by atoms with Gasteiger partial charge in [0.2, 0.25) is 10.0 Å². The highest BCUT2D eigenvalue weighted by Crippen LogP contribution is 2.31. The Labute approximate surface area is 257 Å². The van der Waals surface area contributed by atoms with Crippen LogP contribution in [0.5, 0.6) is 5.75 Å². The van der Waals surface area contributed by atoms with E-state index in [1.165, 1.54) is 29.6 Å². The number of aliphatic hydroxyl groups is 1. The summed E-state index contributed by atoms with van der Waals surface area (Å²) in [5, 5.41) is 17.5. The minimum atomic E-state index is -3.79. The average molecular weight is 617 g/mol. The monoisotopic (exact) mass is 616 g/mol. The molecule has 0 radical (unpaired) electrons. The second-order valence-corrected chi connectivity index (χ2v) is 13.1. The highest BCUT2D eigenvalue weighted by molar-refractivity contribution is 7.89. The number of anilines is 2. The average Bonchev–Trinajstić information content (AvgIpc) is 3.03. The van der Waals surface area contributed by atoms with E-state index >= 15 is 0 Å². The molecule has 230 valence electrons. The molecule has 0 fully saturated rings. The van der Waals surface area contributed by atoms with E-state index in [-0.39, 0.29) is 47.7 Å². The minimum Gasteiger partial charge on any atom is -0.488 e. The van der Waals surface area contributed by atoms with Gasteiger partial charge < -0.3 is 25.4 Å². The second-order valence-electron chi connectivity index (χ2n) is 11.0. The molecule has 1 aliphatic rings. The SMILES string of the molecule is C[C@H](CO)N1C[C@H](C)[C@H](CN(C)S(=O)(=O)c2ccccc2)Oc2ccc(NC(=O)Nc3cccc4ccccc34)cc2C1=O. The van der Waals surface area contributed by atoms with E-state index in [0.717, 1.165) is 10.8 Å². The lowest BCUT2D eigenvalue weighted by atomic mass is 9.99.